The molecule has 0 aromatic rings. The van der Waals surface area contributed by atoms with E-state index < -0.39 is 8.32 Å². The zero-order valence-corrected chi connectivity index (χ0v) is 27.2. The van der Waals surface area contributed by atoms with E-state index in [1.54, 1.807) is 0 Å². The van der Waals surface area contributed by atoms with Crippen LogP contribution in [-0.2, 0) is 23.4 Å². The van der Waals surface area contributed by atoms with Gasteiger partial charge in [-0.1, -0.05) is 105 Å². The summed E-state index contributed by atoms with van der Waals surface area (Å²) in [5.41, 5.74) is 0.201. The number of rotatable bonds is 22. The number of hydrogen-bond acceptors (Lipinski definition) is 5. The maximum absolute atomic E-state index is 8.00. The van der Waals surface area contributed by atoms with Crippen molar-refractivity contribution < 1.29 is 23.4 Å². The lowest BCUT2D eigenvalue weighted by atomic mass is 9.81. The molecule has 4 aliphatic heterocycles. The molecule has 4 saturated heterocycles. The lowest BCUT2D eigenvalue weighted by molar-refractivity contribution is -0.154. The molecule has 39 heavy (non-hydrogen) atoms. The van der Waals surface area contributed by atoms with Crippen molar-refractivity contribution in [2.45, 2.75) is 146 Å². The Bertz CT molecular complexity index is 642. The molecule has 6 heteroatoms. The molecule has 0 N–H and O–H groups in total. The Labute approximate surface area is 241 Å². The molecule has 0 aromatic carbocycles. The summed E-state index contributed by atoms with van der Waals surface area (Å²) in [5, 5.41) is 0.552. The first kappa shape index (κ1) is 31.9. The predicted octanol–water partition coefficient (Wildman–Crippen LogP) is 8.60. The molecule has 0 aromatic heterocycles. The van der Waals surface area contributed by atoms with Gasteiger partial charge < -0.3 is 23.4 Å². The van der Waals surface area contributed by atoms with Crippen LogP contribution in [0.25, 0.3) is 0 Å². The van der Waals surface area contributed by atoms with Gasteiger partial charge in [0.25, 0.3) is 0 Å². The highest BCUT2D eigenvalue weighted by atomic mass is 28.4. The molecule has 0 unspecified atom stereocenters. The van der Waals surface area contributed by atoms with Gasteiger partial charge in [0.1, 0.15) is 0 Å². The Hall–Kier alpha value is 0.0169. The second-order valence-corrected chi connectivity index (χ2v) is 18.9. The van der Waals surface area contributed by atoms with Gasteiger partial charge in [-0.25, -0.2) is 0 Å². The molecule has 0 atom stereocenters. The molecule has 5 nitrogen and oxygen atoms in total. The van der Waals surface area contributed by atoms with Crippen LogP contribution in [0.1, 0.15) is 130 Å². The standard InChI is InChI=1S/C33H62O5Si/c1-5-9-13-17-30(21-34-22-30)23-38-39(31(24-35-25-31)18-14-10-6-2,32(26-36-27-32)19-15-11-7-3)33(28-37-29-33)20-16-12-8-4/h5-29H2,1-4H3. The van der Waals surface area contributed by atoms with Crippen molar-refractivity contribution in [2.24, 2.45) is 5.41 Å². The molecule has 4 aliphatic rings. The van der Waals surface area contributed by atoms with Gasteiger partial charge in [0.05, 0.1) is 52.9 Å². The smallest absolute Gasteiger partial charge is 0.224 e. The molecule has 228 valence electrons. The zero-order chi connectivity index (χ0) is 27.7. The number of ether oxygens (including phenoxy) is 4. The van der Waals surface area contributed by atoms with Gasteiger partial charge in [-0.2, -0.15) is 0 Å². The first-order valence-corrected chi connectivity index (χ1v) is 18.9. The summed E-state index contributed by atoms with van der Waals surface area (Å²) in [5.74, 6) is 0. The minimum absolute atomic E-state index is 0.184. The summed E-state index contributed by atoms with van der Waals surface area (Å²) in [6, 6.07) is 0. The van der Waals surface area contributed by atoms with Crippen LogP contribution in [0, 0.1) is 5.41 Å². The monoisotopic (exact) mass is 566 g/mol. The summed E-state index contributed by atoms with van der Waals surface area (Å²) in [6.45, 7) is 17.3. The van der Waals surface area contributed by atoms with Crippen molar-refractivity contribution >= 4 is 8.32 Å². The minimum Gasteiger partial charge on any atom is -0.414 e. The van der Waals surface area contributed by atoms with E-state index in [0.29, 0.717) is 0 Å². The third-order valence-electron chi connectivity index (χ3n) is 11.0. The maximum atomic E-state index is 8.00. The minimum atomic E-state index is -2.52. The average molecular weight is 567 g/mol. The Morgan fingerprint density at radius 1 is 0.462 bits per heavy atom. The van der Waals surface area contributed by atoms with Gasteiger partial charge in [-0.05, 0) is 25.7 Å². The second kappa shape index (κ2) is 14.5. The van der Waals surface area contributed by atoms with E-state index in [0.717, 1.165) is 59.5 Å². The molecular weight excluding hydrogens is 504 g/mol. The fourth-order valence-corrected chi connectivity index (χ4v) is 16.8. The first-order valence-electron chi connectivity index (χ1n) is 17.0. The molecule has 4 fully saturated rings. The summed E-state index contributed by atoms with van der Waals surface area (Å²) in [4.78, 5) is 0. The quantitative estimate of drug-likeness (QED) is 0.0970. The van der Waals surface area contributed by atoms with E-state index in [4.69, 9.17) is 23.4 Å². The van der Waals surface area contributed by atoms with Crippen molar-refractivity contribution in [3.8, 4) is 0 Å². The van der Waals surface area contributed by atoms with Crippen LogP contribution in [0.2, 0.25) is 15.1 Å². The zero-order valence-electron chi connectivity index (χ0n) is 26.2. The SMILES string of the molecule is CCCCCC1(CO[Si](C2(CCCCC)COC2)(C2(CCCCC)COC2)C2(CCCCC)COC2)COC1. The lowest BCUT2D eigenvalue weighted by Crippen LogP contribution is -2.79. The molecule has 0 saturated carbocycles. The highest BCUT2D eigenvalue weighted by molar-refractivity contribution is 6.83. The average Bonchev–Trinajstić information content (AvgIpc) is 2.84. The van der Waals surface area contributed by atoms with E-state index in [9.17, 15) is 0 Å². The maximum Gasteiger partial charge on any atom is 0.224 e. The van der Waals surface area contributed by atoms with Gasteiger partial charge in [0.2, 0.25) is 8.32 Å². The fraction of sp³-hybridized carbons (Fsp3) is 1.00. The van der Waals surface area contributed by atoms with E-state index in [-0.39, 0.29) is 20.5 Å². The Kier molecular flexibility index (Phi) is 11.8. The normalized spacial score (nSPS) is 24.3. The topological polar surface area (TPSA) is 46.2 Å². The van der Waals surface area contributed by atoms with Gasteiger partial charge in [0, 0.05) is 27.1 Å². The van der Waals surface area contributed by atoms with Gasteiger partial charge in [-0.3, -0.25) is 0 Å². The molecule has 0 aliphatic carbocycles. The number of hydrogen-bond donors (Lipinski definition) is 0. The number of unbranched alkanes of at least 4 members (excludes halogenated alkanes) is 8. The predicted molar refractivity (Wildman–Crippen MR) is 162 cm³/mol. The van der Waals surface area contributed by atoms with E-state index in [1.807, 2.05) is 0 Å². The van der Waals surface area contributed by atoms with E-state index >= 15 is 0 Å². The summed E-state index contributed by atoms with van der Waals surface area (Å²) >= 11 is 0. The van der Waals surface area contributed by atoms with Gasteiger partial charge in [0.15, 0.2) is 0 Å². The fourth-order valence-electron chi connectivity index (χ4n) is 8.61. The van der Waals surface area contributed by atoms with Crippen LogP contribution in [0.15, 0.2) is 0 Å². The van der Waals surface area contributed by atoms with Gasteiger partial charge in [-0.15, -0.1) is 0 Å². The van der Waals surface area contributed by atoms with Crippen LogP contribution in [0.4, 0.5) is 0 Å². The van der Waals surface area contributed by atoms with Crippen molar-refractivity contribution in [1.82, 2.24) is 0 Å². The molecular formula is C33H62O5Si. The van der Waals surface area contributed by atoms with Crippen molar-refractivity contribution in [3.05, 3.63) is 0 Å². The Morgan fingerprint density at radius 3 is 1.05 bits per heavy atom. The summed E-state index contributed by atoms with van der Waals surface area (Å²) in [7, 11) is -2.52. The second-order valence-electron chi connectivity index (χ2n) is 14.1. The van der Waals surface area contributed by atoms with Gasteiger partial charge >= 0.3 is 0 Å². The van der Waals surface area contributed by atoms with Crippen LogP contribution in [0.5, 0.6) is 0 Å². The first-order chi connectivity index (χ1) is 19.0. The highest BCUT2D eigenvalue weighted by Crippen LogP contribution is 2.74. The van der Waals surface area contributed by atoms with Crippen LogP contribution in [0.3, 0.4) is 0 Å². The van der Waals surface area contributed by atoms with Crippen molar-refractivity contribution in [3.63, 3.8) is 0 Å². The van der Waals surface area contributed by atoms with Crippen LogP contribution < -0.4 is 0 Å². The lowest BCUT2D eigenvalue weighted by Gasteiger charge is -2.71. The van der Waals surface area contributed by atoms with Crippen molar-refractivity contribution in [1.29, 1.82) is 0 Å². The molecule has 0 radical (unpaired) electrons. The summed E-state index contributed by atoms with van der Waals surface area (Å²) < 4.78 is 32.7. The molecule has 0 amide bonds. The van der Waals surface area contributed by atoms with E-state index in [2.05, 4.69) is 27.7 Å². The third-order valence-corrected chi connectivity index (χ3v) is 17.7. The third kappa shape index (κ3) is 6.09. The van der Waals surface area contributed by atoms with Crippen molar-refractivity contribution in [2.75, 3.05) is 59.5 Å². The Morgan fingerprint density at radius 2 is 0.795 bits per heavy atom. The van der Waals surface area contributed by atoms with Crippen LogP contribution in [-0.4, -0.2) is 67.8 Å². The largest absolute Gasteiger partial charge is 0.414 e. The highest BCUT2D eigenvalue weighted by Gasteiger charge is 2.79. The Balaban J connectivity index is 1.75. The summed E-state index contributed by atoms with van der Waals surface area (Å²) in [6.07, 6.45) is 20.5. The van der Waals surface area contributed by atoms with Crippen LogP contribution >= 0.6 is 0 Å². The molecule has 0 spiro atoms. The molecule has 4 rings (SSSR count). The molecule has 4 heterocycles. The van der Waals surface area contributed by atoms with E-state index in [1.165, 1.54) is 103 Å². The molecule has 0 bridgehead atoms.